The lowest BCUT2D eigenvalue weighted by Crippen LogP contribution is -2.36. The van der Waals surface area contributed by atoms with E-state index in [1.54, 1.807) is 0 Å². The van der Waals surface area contributed by atoms with Crippen LogP contribution in [-0.2, 0) is 0 Å². The SMILES string of the molecule is CNCC1CCN(c2noc3ccccc23)CC1. The number of anilines is 1. The second kappa shape index (κ2) is 4.98. The van der Waals surface area contributed by atoms with Gasteiger partial charge in [-0.05, 0) is 44.5 Å². The van der Waals surface area contributed by atoms with Gasteiger partial charge in [0, 0.05) is 13.1 Å². The zero-order valence-electron chi connectivity index (χ0n) is 10.7. The average Bonchev–Trinajstić information content (AvgIpc) is 2.84. The highest BCUT2D eigenvalue weighted by molar-refractivity contribution is 5.88. The fourth-order valence-electron chi connectivity index (χ4n) is 2.74. The van der Waals surface area contributed by atoms with Crippen molar-refractivity contribution >= 4 is 16.8 Å². The molecule has 3 rings (SSSR count). The molecule has 0 saturated carbocycles. The fraction of sp³-hybridized carbons (Fsp3) is 0.500. The molecule has 1 fully saturated rings. The number of benzene rings is 1. The Balaban J connectivity index is 1.76. The Morgan fingerprint density at radius 1 is 1.33 bits per heavy atom. The molecule has 0 bridgehead atoms. The molecule has 0 aliphatic carbocycles. The van der Waals surface area contributed by atoms with Gasteiger partial charge in [0.15, 0.2) is 11.4 Å². The molecule has 1 aromatic heterocycles. The summed E-state index contributed by atoms with van der Waals surface area (Å²) in [6.07, 6.45) is 2.45. The summed E-state index contributed by atoms with van der Waals surface area (Å²) in [5, 5.41) is 8.62. The van der Waals surface area contributed by atoms with Gasteiger partial charge in [0.2, 0.25) is 0 Å². The number of fused-ring (bicyclic) bond motifs is 1. The van der Waals surface area contributed by atoms with Crippen LogP contribution in [0.4, 0.5) is 5.82 Å². The molecule has 0 radical (unpaired) electrons. The molecule has 0 unspecified atom stereocenters. The van der Waals surface area contributed by atoms with Crippen LogP contribution in [0.3, 0.4) is 0 Å². The Hall–Kier alpha value is -1.55. The lowest BCUT2D eigenvalue weighted by Gasteiger charge is -2.31. The largest absolute Gasteiger partial charge is 0.354 e. The van der Waals surface area contributed by atoms with Crippen molar-refractivity contribution in [1.29, 1.82) is 0 Å². The van der Waals surface area contributed by atoms with Gasteiger partial charge in [0.05, 0.1) is 5.39 Å². The molecule has 1 aromatic carbocycles. The van der Waals surface area contributed by atoms with Gasteiger partial charge in [-0.15, -0.1) is 0 Å². The molecule has 0 atom stereocenters. The molecule has 4 heteroatoms. The van der Waals surface area contributed by atoms with Crippen molar-refractivity contribution in [3.63, 3.8) is 0 Å². The van der Waals surface area contributed by atoms with E-state index in [9.17, 15) is 0 Å². The molecule has 1 aliphatic rings. The minimum absolute atomic E-state index is 0.796. The lowest BCUT2D eigenvalue weighted by molar-refractivity contribution is 0.386. The molecule has 1 saturated heterocycles. The minimum Gasteiger partial charge on any atom is -0.354 e. The van der Waals surface area contributed by atoms with Crippen molar-refractivity contribution in [3.8, 4) is 0 Å². The maximum Gasteiger partial charge on any atom is 0.179 e. The average molecular weight is 245 g/mol. The van der Waals surface area contributed by atoms with Crippen molar-refractivity contribution < 1.29 is 4.52 Å². The smallest absolute Gasteiger partial charge is 0.179 e. The van der Waals surface area contributed by atoms with Crippen LogP contribution in [0.1, 0.15) is 12.8 Å². The van der Waals surface area contributed by atoms with Crippen LogP contribution < -0.4 is 10.2 Å². The first-order valence-corrected chi connectivity index (χ1v) is 6.62. The summed E-state index contributed by atoms with van der Waals surface area (Å²) in [4.78, 5) is 2.35. The molecular formula is C14H19N3O. The molecular weight excluding hydrogens is 226 g/mol. The zero-order chi connectivity index (χ0) is 12.4. The first kappa shape index (κ1) is 11.5. The van der Waals surface area contributed by atoms with Crippen molar-refractivity contribution in [2.45, 2.75) is 12.8 Å². The standard InChI is InChI=1S/C14H19N3O/c1-15-10-11-6-8-17(9-7-11)14-12-4-2-3-5-13(12)18-16-14/h2-5,11,15H,6-10H2,1H3. The van der Waals surface area contributed by atoms with E-state index in [1.807, 2.05) is 25.2 Å². The Morgan fingerprint density at radius 2 is 2.11 bits per heavy atom. The molecule has 2 heterocycles. The van der Waals surface area contributed by atoms with E-state index in [2.05, 4.69) is 21.4 Å². The summed E-state index contributed by atoms with van der Waals surface area (Å²) in [6, 6.07) is 8.08. The van der Waals surface area contributed by atoms with E-state index >= 15 is 0 Å². The quantitative estimate of drug-likeness (QED) is 0.900. The molecule has 18 heavy (non-hydrogen) atoms. The first-order chi connectivity index (χ1) is 8.88. The number of para-hydroxylation sites is 1. The van der Waals surface area contributed by atoms with Gasteiger partial charge in [-0.3, -0.25) is 0 Å². The number of hydrogen-bond donors (Lipinski definition) is 1. The van der Waals surface area contributed by atoms with E-state index < -0.39 is 0 Å². The van der Waals surface area contributed by atoms with E-state index in [4.69, 9.17) is 4.52 Å². The lowest BCUT2D eigenvalue weighted by atomic mass is 9.97. The highest BCUT2D eigenvalue weighted by atomic mass is 16.5. The number of aromatic nitrogens is 1. The Bertz CT molecular complexity index is 514. The van der Waals surface area contributed by atoms with E-state index in [0.717, 1.165) is 42.3 Å². The molecule has 1 N–H and O–H groups in total. The van der Waals surface area contributed by atoms with E-state index in [1.165, 1.54) is 12.8 Å². The van der Waals surface area contributed by atoms with Crippen LogP contribution >= 0.6 is 0 Å². The summed E-state index contributed by atoms with van der Waals surface area (Å²) in [7, 11) is 2.03. The van der Waals surface area contributed by atoms with E-state index in [0.29, 0.717) is 0 Å². The second-order valence-electron chi connectivity index (χ2n) is 4.99. The van der Waals surface area contributed by atoms with Crippen LogP contribution in [-0.4, -0.2) is 31.8 Å². The van der Waals surface area contributed by atoms with Crippen LogP contribution in [0, 0.1) is 5.92 Å². The number of rotatable bonds is 3. The predicted octanol–water partition coefficient (Wildman–Crippen LogP) is 2.26. The Labute approximate surface area is 107 Å². The Morgan fingerprint density at radius 3 is 2.89 bits per heavy atom. The van der Waals surface area contributed by atoms with Crippen molar-refractivity contribution in [3.05, 3.63) is 24.3 Å². The highest BCUT2D eigenvalue weighted by Gasteiger charge is 2.22. The number of nitrogens with zero attached hydrogens (tertiary/aromatic N) is 2. The van der Waals surface area contributed by atoms with Crippen LogP contribution in [0.15, 0.2) is 28.8 Å². The van der Waals surface area contributed by atoms with Crippen molar-refractivity contribution in [1.82, 2.24) is 10.5 Å². The van der Waals surface area contributed by atoms with Crippen molar-refractivity contribution in [2.24, 2.45) is 5.92 Å². The normalized spacial score (nSPS) is 17.5. The summed E-state index contributed by atoms with van der Waals surface area (Å²) in [5.74, 6) is 1.80. The van der Waals surface area contributed by atoms with Gasteiger partial charge < -0.3 is 14.7 Å². The van der Waals surface area contributed by atoms with Gasteiger partial charge in [0.25, 0.3) is 0 Å². The van der Waals surface area contributed by atoms with Gasteiger partial charge >= 0.3 is 0 Å². The molecule has 0 amide bonds. The first-order valence-electron chi connectivity index (χ1n) is 6.62. The number of hydrogen-bond acceptors (Lipinski definition) is 4. The minimum atomic E-state index is 0.796. The topological polar surface area (TPSA) is 41.3 Å². The summed E-state index contributed by atoms with van der Waals surface area (Å²) in [6.45, 7) is 3.26. The van der Waals surface area contributed by atoms with Crippen LogP contribution in [0.25, 0.3) is 11.0 Å². The number of piperidine rings is 1. The predicted molar refractivity (Wildman–Crippen MR) is 72.9 cm³/mol. The molecule has 96 valence electrons. The van der Waals surface area contributed by atoms with Gasteiger partial charge in [0.1, 0.15) is 0 Å². The Kier molecular flexibility index (Phi) is 3.19. The molecule has 1 aliphatic heterocycles. The third-order valence-electron chi connectivity index (χ3n) is 3.77. The van der Waals surface area contributed by atoms with E-state index in [-0.39, 0.29) is 0 Å². The monoisotopic (exact) mass is 245 g/mol. The van der Waals surface area contributed by atoms with Crippen LogP contribution in [0.2, 0.25) is 0 Å². The maximum absolute atomic E-state index is 5.37. The molecule has 2 aromatic rings. The number of nitrogens with one attached hydrogen (secondary N) is 1. The van der Waals surface area contributed by atoms with Crippen LogP contribution in [0.5, 0.6) is 0 Å². The van der Waals surface area contributed by atoms with Gasteiger partial charge in [-0.25, -0.2) is 0 Å². The third-order valence-corrected chi connectivity index (χ3v) is 3.77. The summed E-state index contributed by atoms with van der Waals surface area (Å²) < 4.78 is 5.37. The summed E-state index contributed by atoms with van der Waals surface area (Å²) in [5.41, 5.74) is 0.879. The zero-order valence-corrected chi connectivity index (χ0v) is 10.7. The molecule has 4 nitrogen and oxygen atoms in total. The fourth-order valence-corrected chi connectivity index (χ4v) is 2.74. The van der Waals surface area contributed by atoms with Crippen molar-refractivity contribution in [2.75, 3.05) is 31.6 Å². The third kappa shape index (κ3) is 2.08. The second-order valence-corrected chi connectivity index (χ2v) is 4.99. The van der Waals surface area contributed by atoms with Gasteiger partial charge in [-0.2, -0.15) is 0 Å². The van der Waals surface area contributed by atoms with Gasteiger partial charge in [-0.1, -0.05) is 17.3 Å². The summed E-state index contributed by atoms with van der Waals surface area (Å²) >= 11 is 0. The maximum atomic E-state index is 5.37. The molecule has 0 spiro atoms. The highest BCUT2D eigenvalue weighted by Crippen LogP contribution is 2.29.